The van der Waals surface area contributed by atoms with Crippen molar-refractivity contribution in [2.45, 2.75) is 33.2 Å². The van der Waals surface area contributed by atoms with Gasteiger partial charge in [0.2, 0.25) is 0 Å². The highest BCUT2D eigenvalue weighted by atomic mass is 16.5. The summed E-state index contributed by atoms with van der Waals surface area (Å²) in [5.74, 6) is 0. The Morgan fingerprint density at radius 1 is 1.42 bits per heavy atom. The Labute approximate surface area is 75.0 Å². The molecule has 0 spiro atoms. The first-order chi connectivity index (χ1) is 5.70. The molecule has 0 aliphatic carbocycles. The van der Waals surface area contributed by atoms with Crippen LogP contribution in [-0.4, -0.2) is 25.8 Å². The minimum atomic E-state index is 0.536. The van der Waals surface area contributed by atoms with Crippen LogP contribution in [0.4, 0.5) is 0 Å². The van der Waals surface area contributed by atoms with Gasteiger partial charge < -0.3 is 10.1 Å². The fourth-order valence-corrected chi connectivity index (χ4v) is 1.32. The van der Waals surface area contributed by atoms with Gasteiger partial charge in [0.15, 0.2) is 0 Å². The second-order valence-electron chi connectivity index (χ2n) is 3.71. The molecule has 1 saturated heterocycles. The van der Waals surface area contributed by atoms with E-state index in [0.717, 1.165) is 26.2 Å². The third-order valence-electron chi connectivity index (χ3n) is 2.40. The molecule has 2 heteroatoms. The lowest BCUT2D eigenvalue weighted by Crippen LogP contribution is -2.41. The van der Waals surface area contributed by atoms with Crippen molar-refractivity contribution in [3.8, 4) is 0 Å². The number of hydrogen-bond donors (Lipinski definition) is 1. The molecule has 0 aromatic carbocycles. The zero-order valence-corrected chi connectivity index (χ0v) is 8.31. The SMILES string of the molecule is CC(C)=C(C)CC1COCCN1. The van der Waals surface area contributed by atoms with Crippen molar-refractivity contribution in [2.24, 2.45) is 0 Å². The van der Waals surface area contributed by atoms with Crippen LogP contribution in [0.2, 0.25) is 0 Å². The molecule has 0 amide bonds. The summed E-state index contributed by atoms with van der Waals surface area (Å²) in [4.78, 5) is 0. The molecule has 0 aromatic heterocycles. The quantitative estimate of drug-likeness (QED) is 0.635. The number of morpholine rings is 1. The predicted molar refractivity (Wildman–Crippen MR) is 51.3 cm³/mol. The molecule has 1 aliphatic rings. The van der Waals surface area contributed by atoms with Crippen LogP contribution < -0.4 is 5.32 Å². The monoisotopic (exact) mass is 169 g/mol. The van der Waals surface area contributed by atoms with Crippen molar-refractivity contribution < 1.29 is 4.74 Å². The first-order valence-corrected chi connectivity index (χ1v) is 4.64. The van der Waals surface area contributed by atoms with E-state index >= 15 is 0 Å². The minimum absolute atomic E-state index is 0.536. The molecule has 0 aromatic rings. The summed E-state index contributed by atoms with van der Waals surface area (Å²) < 4.78 is 5.38. The zero-order chi connectivity index (χ0) is 8.97. The number of allylic oxidation sites excluding steroid dienone is 1. The Kier molecular flexibility index (Phi) is 3.76. The highest BCUT2D eigenvalue weighted by molar-refractivity contribution is 5.08. The van der Waals surface area contributed by atoms with Crippen molar-refractivity contribution in [2.75, 3.05) is 19.8 Å². The molecule has 1 aliphatic heterocycles. The lowest BCUT2D eigenvalue weighted by Gasteiger charge is -2.24. The highest BCUT2D eigenvalue weighted by Gasteiger charge is 2.12. The Morgan fingerprint density at radius 2 is 2.17 bits per heavy atom. The Balaban J connectivity index is 2.34. The molecule has 0 saturated carbocycles. The summed E-state index contributed by atoms with van der Waals surface area (Å²) in [6.45, 7) is 9.26. The molecule has 1 N–H and O–H groups in total. The van der Waals surface area contributed by atoms with E-state index in [1.165, 1.54) is 11.1 Å². The van der Waals surface area contributed by atoms with Gasteiger partial charge in [-0.1, -0.05) is 11.1 Å². The normalized spacial score (nSPS) is 23.8. The third-order valence-corrected chi connectivity index (χ3v) is 2.40. The van der Waals surface area contributed by atoms with Gasteiger partial charge in [-0.2, -0.15) is 0 Å². The van der Waals surface area contributed by atoms with Gasteiger partial charge in [-0.05, 0) is 27.2 Å². The average Bonchev–Trinajstić information content (AvgIpc) is 2.06. The average molecular weight is 169 g/mol. The molecule has 70 valence electrons. The van der Waals surface area contributed by atoms with E-state index in [1.807, 2.05) is 0 Å². The van der Waals surface area contributed by atoms with Crippen LogP contribution in [-0.2, 0) is 4.74 Å². The van der Waals surface area contributed by atoms with Crippen LogP contribution in [0.15, 0.2) is 11.1 Å². The predicted octanol–water partition coefficient (Wildman–Crippen LogP) is 1.72. The first-order valence-electron chi connectivity index (χ1n) is 4.64. The summed E-state index contributed by atoms with van der Waals surface area (Å²) >= 11 is 0. The van der Waals surface area contributed by atoms with Crippen LogP contribution in [0.25, 0.3) is 0 Å². The number of rotatable bonds is 2. The van der Waals surface area contributed by atoms with E-state index in [0.29, 0.717) is 6.04 Å². The first kappa shape index (κ1) is 9.75. The number of ether oxygens (including phenoxy) is 1. The molecule has 12 heavy (non-hydrogen) atoms. The topological polar surface area (TPSA) is 21.3 Å². The van der Waals surface area contributed by atoms with Gasteiger partial charge in [0, 0.05) is 12.6 Å². The van der Waals surface area contributed by atoms with E-state index in [4.69, 9.17) is 4.74 Å². The van der Waals surface area contributed by atoms with Gasteiger partial charge in [0.1, 0.15) is 0 Å². The van der Waals surface area contributed by atoms with E-state index < -0.39 is 0 Å². The second-order valence-corrected chi connectivity index (χ2v) is 3.71. The molecule has 0 radical (unpaired) electrons. The second kappa shape index (κ2) is 4.63. The van der Waals surface area contributed by atoms with Crippen LogP contribution in [0.3, 0.4) is 0 Å². The molecular formula is C10H19NO. The minimum Gasteiger partial charge on any atom is -0.379 e. The van der Waals surface area contributed by atoms with Crippen molar-refractivity contribution in [1.82, 2.24) is 5.32 Å². The standard InChI is InChI=1S/C10H19NO/c1-8(2)9(3)6-10-7-12-5-4-11-10/h10-11H,4-7H2,1-3H3. The van der Waals surface area contributed by atoms with Crippen molar-refractivity contribution >= 4 is 0 Å². The maximum absolute atomic E-state index is 5.38. The van der Waals surface area contributed by atoms with Crippen molar-refractivity contribution in [3.63, 3.8) is 0 Å². The van der Waals surface area contributed by atoms with Gasteiger partial charge >= 0.3 is 0 Å². The molecular weight excluding hydrogens is 150 g/mol. The lowest BCUT2D eigenvalue weighted by molar-refractivity contribution is 0.0769. The molecule has 2 nitrogen and oxygen atoms in total. The van der Waals surface area contributed by atoms with E-state index in [-0.39, 0.29) is 0 Å². The zero-order valence-electron chi connectivity index (χ0n) is 8.31. The fourth-order valence-electron chi connectivity index (χ4n) is 1.32. The molecule has 1 heterocycles. The Bertz CT molecular complexity index is 165. The van der Waals surface area contributed by atoms with Crippen LogP contribution in [0.1, 0.15) is 27.2 Å². The summed E-state index contributed by atoms with van der Waals surface area (Å²) in [6.07, 6.45) is 1.13. The molecule has 1 atom stereocenters. The lowest BCUT2D eigenvalue weighted by atomic mass is 10.0. The number of nitrogens with one attached hydrogen (secondary N) is 1. The Hall–Kier alpha value is -0.340. The molecule has 1 unspecified atom stereocenters. The highest BCUT2D eigenvalue weighted by Crippen LogP contribution is 2.11. The third kappa shape index (κ3) is 2.95. The summed E-state index contributed by atoms with van der Waals surface area (Å²) in [6, 6.07) is 0.536. The maximum atomic E-state index is 5.38. The van der Waals surface area contributed by atoms with E-state index in [9.17, 15) is 0 Å². The van der Waals surface area contributed by atoms with Crippen LogP contribution in [0, 0.1) is 0 Å². The smallest absolute Gasteiger partial charge is 0.0623 e. The molecule has 1 rings (SSSR count). The molecule has 0 bridgehead atoms. The maximum Gasteiger partial charge on any atom is 0.0623 e. The Morgan fingerprint density at radius 3 is 2.67 bits per heavy atom. The van der Waals surface area contributed by atoms with Crippen molar-refractivity contribution in [3.05, 3.63) is 11.1 Å². The van der Waals surface area contributed by atoms with Gasteiger partial charge in [-0.25, -0.2) is 0 Å². The largest absolute Gasteiger partial charge is 0.379 e. The molecule has 1 fully saturated rings. The van der Waals surface area contributed by atoms with Gasteiger partial charge in [-0.15, -0.1) is 0 Å². The summed E-state index contributed by atoms with van der Waals surface area (Å²) in [7, 11) is 0. The summed E-state index contributed by atoms with van der Waals surface area (Å²) in [5, 5.41) is 3.45. The van der Waals surface area contributed by atoms with Gasteiger partial charge in [0.25, 0.3) is 0 Å². The summed E-state index contributed by atoms with van der Waals surface area (Å²) in [5.41, 5.74) is 2.92. The van der Waals surface area contributed by atoms with Gasteiger partial charge in [0.05, 0.1) is 13.2 Å². The fraction of sp³-hybridized carbons (Fsp3) is 0.800. The van der Waals surface area contributed by atoms with Crippen LogP contribution in [0.5, 0.6) is 0 Å². The van der Waals surface area contributed by atoms with E-state index in [2.05, 4.69) is 26.1 Å². The van der Waals surface area contributed by atoms with Crippen molar-refractivity contribution in [1.29, 1.82) is 0 Å². The number of hydrogen-bond acceptors (Lipinski definition) is 2. The van der Waals surface area contributed by atoms with Crippen LogP contribution >= 0.6 is 0 Å². The van der Waals surface area contributed by atoms with E-state index in [1.54, 1.807) is 0 Å². The van der Waals surface area contributed by atoms with Gasteiger partial charge in [-0.3, -0.25) is 0 Å².